The number of rotatable bonds is 2. The van der Waals surface area contributed by atoms with Gasteiger partial charge in [-0.2, -0.15) is 0 Å². The summed E-state index contributed by atoms with van der Waals surface area (Å²) in [5.74, 6) is -0.529. The second-order valence-electron chi connectivity index (χ2n) is 5.84. The average Bonchev–Trinajstić information content (AvgIpc) is 2.67. The lowest BCUT2D eigenvalue weighted by molar-refractivity contribution is 0.0998. The van der Waals surface area contributed by atoms with Gasteiger partial charge >= 0.3 is 0 Å². The van der Waals surface area contributed by atoms with E-state index in [1.54, 1.807) is 24.3 Å². The molecule has 2 nitrogen and oxygen atoms in total. The van der Waals surface area contributed by atoms with Crippen LogP contribution in [0.1, 0.15) is 26.3 Å². The van der Waals surface area contributed by atoms with E-state index in [2.05, 4.69) is 0 Å². The highest BCUT2D eigenvalue weighted by Crippen LogP contribution is 2.36. The molecule has 0 saturated carbocycles. The van der Waals surface area contributed by atoms with Gasteiger partial charge in [-0.05, 0) is 28.8 Å². The summed E-state index contributed by atoms with van der Waals surface area (Å²) >= 11 is 6.30. The summed E-state index contributed by atoms with van der Waals surface area (Å²) in [5, 5.41) is -0.0195. The fraction of sp³-hybridized carbons (Fsp3) is 0. The Kier molecular flexibility index (Phi) is 3.83. The van der Waals surface area contributed by atoms with Crippen LogP contribution in [0.15, 0.2) is 83.9 Å². The smallest absolute Gasteiger partial charge is 0.205 e. The van der Waals surface area contributed by atoms with Gasteiger partial charge < -0.3 is 0 Å². The fourth-order valence-electron chi connectivity index (χ4n) is 3.07. The molecule has 3 aromatic rings. The van der Waals surface area contributed by atoms with Crippen LogP contribution in [0.4, 0.5) is 0 Å². The highest BCUT2D eigenvalue weighted by Gasteiger charge is 2.32. The van der Waals surface area contributed by atoms with Crippen LogP contribution in [0.25, 0.3) is 16.7 Å². The first-order chi connectivity index (χ1) is 12.2. The summed E-state index contributed by atoms with van der Waals surface area (Å²) in [6.07, 6.45) is 0. The van der Waals surface area contributed by atoms with Gasteiger partial charge in [-0.1, -0.05) is 78.3 Å². The van der Waals surface area contributed by atoms with Crippen LogP contribution < -0.4 is 0 Å². The van der Waals surface area contributed by atoms with Crippen LogP contribution >= 0.6 is 11.6 Å². The van der Waals surface area contributed by atoms with Crippen LogP contribution in [0, 0.1) is 0 Å². The molecule has 3 heteroatoms. The average molecular weight is 345 g/mol. The van der Waals surface area contributed by atoms with E-state index in [9.17, 15) is 9.59 Å². The summed E-state index contributed by atoms with van der Waals surface area (Å²) in [5.41, 5.74) is 3.55. The van der Waals surface area contributed by atoms with Crippen molar-refractivity contribution in [1.29, 1.82) is 0 Å². The van der Waals surface area contributed by atoms with Crippen LogP contribution in [0.2, 0.25) is 0 Å². The van der Waals surface area contributed by atoms with Crippen LogP contribution in [0.5, 0.6) is 0 Å². The lowest BCUT2D eigenvalue weighted by Gasteiger charge is -2.19. The van der Waals surface area contributed by atoms with Gasteiger partial charge in [0.2, 0.25) is 5.78 Å². The number of carbonyl (C=O) groups is 2. The Labute approximate surface area is 150 Å². The zero-order valence-corrected chi connectivity index (χ0v) is 14.0. The highest BCUT2D eigenvalue weighted by molar-refractivity contribution is 6.56. The maximum atomic E-state index is 12.9. The standard InChI is InChI=1S/C22H13ClO2/c23-20-19(15-9-5-2-6-10-15)21(24)17-12-11-16(13-18(17)22(20)25)14-7-3-1-4-8-14/h1-13H. The molecule has 0 bridgehead atoms. The maximum absolute atomic E-state index is 12.9. The van der Waals surface area contributed by atoms with Gasteiger partial charge in [-0.25, -0.2) is 0 Å². The predicted octanol–water partition coefficient (Wildman–Crippen LogP) is 5.38. The van der Waals surface area contributed by atoms with Crippen LogP contribution in [-0.2, 0) is 0 Å². The first-order valence-corrected chi connectivity index (χ1v) is 8.28. The van der Waals surface area contributed by atoms with Gasteiger partial charge in [-0.15, -0.1) is 0 Å². The number of allylic oxidation sites excluding steroid dienone is 2. The monoisotopic (exact) mass is 344 g/mol. The van der Waals surface area contributed by atoms with Gasteiger partial charge in [-0.3, -0.25) is 9.59 Å². The number of benzene rings is 3. The van der Waals surface area contributed by atoms with Gasteiger partial charge in [0.05, 0.1) is 5.57 Å². The third kappa shape index (κ3) is 2.61. The first-order valence-electron chi connectivity index (χ1n) is 7.91. The van der Waals surface area contributed by atoms with Crippen molar-refractivity contribution in [2.75, 3.05) is 0 Å². The molecule has 0 amide bonds. The molecule has 0 aromatic heterocycles. The Morgan fingerprint density at radius 3 is 1.80 bits per heavy atom. The number of ketones is 2. The van der Waals surface area contributed by atoms with Gasteiger partial charge in [0.1, 0.15) is 5.03 Å². The quantitative estimate of drug-likeness (QED) is 0.625. The first kappa shape index (κ1) is 15.6. The molecule has 0 atom stereocenters. The minimum absolute atomic E-state index is 0.0195. The molecule has 120 valence electrons. The number of hydrogen-bond donors (Lipinski definition) is 0. The second kappa shape index (κ2) is 6.15. The number of fused-ring (bicyclic) bond motifs is 1. The van der Waals surface area contributed by atoms with Gasteiger partial charge in [0, 0.05) is 11.1 Å². The molecule has 1 aliphatic carbocycles. The number of Topliss-reactive ketones (excluding diaryl/α,β-unsaturated/α-hetero) is 2. The van der Waals surface area contributed by atoms with E-state index >= 15 is 0 Å². The van der Waals surface area contributed by atoms with Gasteiger partial charge in [0.15, 0.2) is 5.78 Å². The van der Waals surface area contributed by atoms with Crippen molar-refractivity contribution in [2.24, 2.45) is 0 Å². The molecule has 0 saturated heterocycles. The minimum Gasteiger partial charge on any atom is -0.289 e. The van der Waals surface area contributed by atoms with E-state index in [-0.39, 0.29) is 22.2 Å². The molecule has 0 aliphatic heterocycles. The molecule has 0 heterocycles. The summed E-state index contributed by atoms with van der Waals surface area (Å²) < 4.78 is 0. The lowest BCUT2D eigenvalue weighted by Crippen LogP contribution is -2.19. The minimum atomic E-state index is -0.312. The van der Waals surface area contributed by atoms with E-state index in [1.807, 2.05) is 54.6 Å². The van der Waals surface area contributed by atoms with Crippen molar-refractivity contribution >= 4 is 28.7 Å². The third-order valence-electron chi connectivity index (χ3n) is 4.32. The van der Waals surface area contributed by atoms with E-state index in [1.165, 1.54) is 0 Å². The molecule has 0 unspecified atom stereocenters. The predicted molar refractivity (Wildman–Crippen MR) is 99.8 cm³/mol. The second-order valence-corrected chi connectivity index (χ2v) is 6.22. The lowest BCUT2D eigenvalue weighted by atomic mass is 9.84. The molecule has 0 N–H and O–H groups in total. The molecular weight excluding hydrogens is 332 g/mol. The van der Waals surface area contributed by atoms with Crippen LogP contribution in [-0.4, -0.2) is 11.6 Å². The molecule has 3 aromatic carbocycles. The maximum Gasteiger partial charge on any atom is 0.205 e. The topological polar surface area (TPSA) is 34.1 Å². The molecule has 25 heavy (non-hydrogen) atoms. The van der Waals surface area contributed by atoms with Crippen molar-refractivity contribution in [3.05, 3.63) is 101 Å². The number of halogens is 1. The fourth-order valence-corrected chi connectivity index (χ4v) is 3.37. The summed E-state index contributed by atoms with van der Waals surface area (Å²) in [6.45, 7) is 0. The Balaban J connectivity index is 1.86. The number of carbonyl (C=O) groups excluding carboxylic acids is 2. The zero-order chi connectivity index (χ0) is 17.4. The van der Waals surface area contributed by atoms with Gasteiger partial charge in [0.25, 0.3) is 0 Å². The Bertz CT molecular complexity index is 1020. The van der Waals surface area contributed by atoms with Crippen molar-refractivity contribution in [2.45, 2.75) is 0 Å². The summed E-state index contributed by atoms with van der Waals surface area (Å²) in [6, 6.07) is 24.1. The molecular formula is C22H13ClO2. The molecule has 1 aliphatic rings. The summed E-state index contributed by atoms with van der Waals surface area (Å²) in [7, 11) is 0. The van der Waals surface area contributed by atoms with Crippen molar-refractivity contribution < 1.29 is 9.59 Å². The normalized spacial score (nSPS) is 13.8. The molecule has 0 fully saturated rings. The van der Waals surface area contributed by atoms with Crippen LogP contribution in [0.3, 0.4) is 0 Å². The molecule has 0 spiro atoms. The van der Waals surface area contributed by atoms with E-state index in [0.717, 1.165) is 11.1 Å². The highest BCUT2D eigenvalue weighted by atomic mass is 35.5. The van der Waals surface area contributed by atoms with E-state index < -0.39 is 0 Å². The largest absolute Gasteiger partial charge is 0.289 e. The number of hydrogen-bond acceptors (Lipinski definition) is 2. The zero-order valence-electron chi connectivity index (χ0n) is 13.2. The van der Waals surface area contributed by atoms with Crippen molar-refractivity contribution in [1.82, 2.24) is 0 Å². The van der Waals surface area contributed by atoms with E-state index in [4.69, 9.17) is 11.6 Å². The third-order valence-corrected chi connectivity index (χ3v) is 4.68. The van der Waals surface area contributed by atoms with Crippen molar-refractivity contribution in [3.63, 3.8) is 0 Å². The SMILES string of the molecule is O=C1C(Cl)=C(c2ccccc2)C(=O)c2ccc(-c3ccccc3)cc21. The molecule has 0 radical (unpaired) electrons. The Hall–Kier alpha value is -2.97. The van der Waals surface area contributed by atoms with Crippen molar-refractivity contribution in [3.8, 4) is 11.1 Å². The summed E-state index contributed by atoms with van der Waals surface area (Å²) in [4.78, 5) is 25.7. The van der Waals surface area contributed by atoms with E-state index in [0.29, 0.717) is 16.7 Å². The Morgan fingerprint density at radius 1 is 0.560 bits per heavy atom. The Morgan fingerprint density at radius 2 is 1.16 bits per heavy atom. The molecule has 4 rings (SSSR count).